The molecule has 1 saturated heterocycles. The van der Waals surface area contributed by atoms with Crippen LogP contribution in [-0.2, 0) is 9.53 Å². The van der Waals surface area contributed by atoms with E-state index < -0.39 is 0 Å². The van der Waals surface area contributed by atoms with E-state index in [0.29, 0.717) is 0 Å². The summed E-state index contributed by atoms with van der Waals surface area (Å²) in [5, 5.41) is 2.84. The molecule has 1 N–H and O–H groups in total. The second-order valence-electron chi connectivity index (χ2n) is 5.20. The first-order valence-corrected chi connectivity index (χ1v) is 7.02. The van der Waals surface area contributed by atoms with Gasteiger partial charge in [-0.05, 0) is 13.8 Å². The van der Waals surface area contributed by atoms with E-state index >= 15 is 0 Å². The van der Waals surface area contributed by atoms with Crippen LogP contribution in [0.1, 0.15) is 13.8 Å². The maximum absolute atomic E-state index is 11.4. The van der Waals surface area contributed by atoms with Gasteiger partial charge in [0.1, 0.15) is 0 Å². The third-order valence-electron chi connectivity index (χ3n) is 3.14. The van der Waals surface area contributed by atoms with Crippen LogP contribution in [0, 0.1) is 0 Å². The van der Waals surface area contributed by atoms with Gasteiger partial charge in [-0.15, -0.1) is 0 Å². The summed E-state index contributed by atoms with van der Waals surface area (Å²) >= 11 is 0. The monoisotopic (exact) mass is 269 g/mol. The highest BCUT2D eigenvalue weighted by atomic mass is 16.5. The van der Waals surface area contributed by atoms with E-state index in [9.17, 15) is 4.79 Å². The summed E-state index contributed by atoms with van der Waals surface area (Å²) in [6.07, 6.45) is 3.58. The molecule has 0 aromatic rings. The Kier molecular flexibility index (Phi) is 7.70. The molecule has 0 aromatic heterocycles. The van der Waals surface area contributed by atoms with Crippen LogP contribution in [0.4, 0.5) is 0 Å². The molecular weight excluding hydrogens is 242 g/mol. The van der Waals surface area contributed by atoms with Gasteiger partial charge in [-0.2, -0.15) is 0 Å². The van der Waals surface area contributed by atoms with Crippen molar-refractivity contribution in [2.24, 2.45) is 0 Å². The number of carbonyl (C=O) groups excluding carboxylic acids is 1. The lowest BCUT2D eigenvalue weighted by Crippen LogP contribution is -2.47. The normalized spacial score (nSPS) is 18.3. The van der Waals surface area contributed by atoms with Crippen LogP contribution in [-0.4, -0.2) is 74.7 Å². The van der Waals surface area contributed by atoms with E-state index in [-0.39, 0.29) is 11.9 Å². The predicted octanol–water partition coefficient (Wildman–Crippen LogP) is 0.331. The average Bonchev–Trinajstić information content (AvgIpc) is 2.37. The van der Waals surface area contributed by atoms with Gasteiger partial charge in [0, 0.05) is 58.5 Å². The number of carbonyl (C=O) groups is 1. The predicted molar refractivity (Wildman–Crippen MR) is 77.2 cm³/mol. The Labute approximate surface area is 116 Å². The van der Waals surface area contributed by atoms with E-state index in [1.54, 1.807) is 13.2 Å². The van der Waals surface area contributed by atoms with Crippen molar-refractivity contribution in [2.45, 2.75) is 19.9 Å². The van der Waals surface area contributed by atoms with Crippen LogP contribution < -0.4 is 5.32 Å². The van der Waals surface area contributed by atoms with Gasteiger partial charge < -0.3 is 10.1 Å². The van der Waals surface area contributed by atoms with Gasteiger partial charge in [-0.1, -0.05) is 6.08 Å². The Morgan fingerprint density at radius 1 is 1.26 bits per heavy atom. The molecule has 1 amide bonds. The molecule has 19 heavy (non-hydrogen) atoms. The van der Waals surface area contributed by atoms with Crippen LogP contribution in [0.25, 0.3) is 0 Å². The number of ether oxygens (including phenoxy) is 1. The Hall–Kier alpha value is -0.910. The SMILES string of the molecule is COCCN1CCN(C/C=C/C(=O)NC(C)C)CC1. The highest BCUT2D eigenvalue weighted by Crippen LogP contribution is 2.01. The van der Waals surface area contributed by atoms with Crippen LogP contribution >= 0.6 is 0 Å². The van der Waals surface area contributed by atoms with Crippen molar-refractivity contribution in [1.82, 2.24) is 15.1 Å². The van der Waals surface area contributed by atoms with Crippen molar-refractivity contribution in [3.05, 3.63) is 12.2 Å². The first kappa shape index (κ1) is 16.1. The second kappa shape index (κ2) is 9.07. The number of piperazine rings is 1. The maximum Gasteiger partial charge on any atom is 0.243 e. The lowest BCUT2D eigenvalue weighted by Gasteiger charge is -2.33. The number of rotatable bonds is 7. The molecule has 5 heteroatoms. The number of hydrogen-bond acceptors (Lipinski definition) is 4. The Bertz CT molecular complexity index is 284. The number of methoxy groups -OCH3 is 1. The van der Waals surface area contributed by atoms with Gasteiger partial charge in [0.25, 0.3) is 0 Å². The zero-order valence-electron chi connectivity index (χ0n) is 12.4. The number of nitrogens with one attached hydrogen (secondary N) is 1. The Balaban J connectivity index is 2.15. The van der Waals surface area contributed by atoms with Crippen LogP contribution in [0.5, 0.6) is 0 Å². The smallest absolute Gasteiger partial charge is 0.243 e. The molecular formula is C14H27N3O2. The molecule has 0 aliphatic carbocycles. The summed E-state index contributed by atoms with van der Waals surface area (Å²) in [6, 6.07) is 0.196. The Morgan fingerprint density at radius 3 is 2.47 bits per heavy atom. The molecule has 1 aliphatic rings. The van der Waals surface area contributed by atoms with Crippen LogP contribution in [0.3, 0.4) is 0 Å². The molecule has 0 aromatic carbocycles. The largest absolute Gasteiger partial charge is 0.383 e. The fraction of sp³-hybridized carbons (Fsp3) is 0.786. The summed E-state index contributed by atoms with van der Waals surface area (Å²) < 4.78 is 5.08. The molecule has 1 heterocycles. The summed E-state index contributed by atoms with van der Waals surface area (Å²) in [6.45, 7) is 10.9. The summed E-state index contributed by atoms with van der Waals surface area (Å²) in [5.41, 5.74) is 0. The third-order valence-corrected chi connectivity index (χ3v) is 3.14. The first-order chi connectivity index (χ1) is 9.11. The number of amides is 1. The van der Waals surface area contributed by atoms with E-state index in [0.717, 1.165) is 45.9 Å². The molecule has 0 bridgehead atoms. The minimum Gasteiger partial charge on any atom is -0.383 e. The summed E-state index contributed by atoms with van der Waals surface area (Å²) in [7, 11) is 1.74. The lowest BCUT2D eigenvalue weighted by atomic mass is 10.3. The molecule has 1 rings (SSSR count). The van der Waals surface area contributed by atoms with Crippen molar-refractivity contribution in [2.75, 3.05) is 53.0 Å². The van der Waals surface area contributed by atoms with Crippen molar-refractivity contribution >= 4 is 5.91 Å². The van der Waals surface area contributed by atoms with Crippen molar-refractivity contribution in [3.63, 3.8) is 0 Å². The number of hydrogen-bond donors (Lipinski definition) is 1. The van der Waals surface area contributed by atoms with E-state index in [4.69, 9.17) is 4.74 Å². The first-order valence-electron chi connectivity index (χ1n) is 7.02. The molecule has 110 valence electrons. The van der Waals surface area contributed by atoms with E-state index in [1.807, 2.05) is 19.9 Å². The minimum absolute atomic E-state index is 0.00581. The molecule has 0 saturated carbocycles. The summed E-state index contributed by atoms with van der Waals surface area (Å²) in [4.78, 5) is 16.2. The maximum atomic E-state index is 11.4. The van der Waals surface area contributed by atoms with Gasteiger partial charge in [0.05, 0.1) is 6.61 Å². The number of nitrogens with zero attached hydrogens (tertiary/aromatic N) is 2. The highest BCUT2D eigenvalue weighted by molar-refractivity contribution is 5.87. The molecule has 1 fully saturated rings. The molecule has 0 atom stereocenters. The van der Waals surface area contributed by atoms with Crippen LogP contribution in [0.2, 0.25) is 0 Å². The van der Waals surface area contributed by atoms with Gasteiger partial charge in [-0.3, -0.25) is 14.6 Å². The quantitative estimate of drug-likeness (QED) is 0.677. The third kappa shape index (κ3) is 7.30. The fourth-order valence-electron chi connectivity index (χ4n) is 2.06. The molecule has 5 nitrogen and oxygen atoms in total. The zero-order valence-corrected chi connectivity index (χ0v) is 12.4. The van der Waals surface area contributed by atoms with Gasteiger partial charge in [0.15, 0.2) is 0 Å². The van der Waals surface area contributed by atoms with E-state index in [1.165, 1.54) is 0 Å². The van der Waals surface area contributed by atoms with Crippen molar-refractivity contribution in [3.8, 4) is 0 Å². The topological polar surface area (TPSA) is 44.8 Å². The second-order valence-corrected chi connectivity index (χ2v) is 5.20. The van der Waals surface area contributed by atoms with Gasteiger partial charge >= 0.3 is 0 Å². The lowest BCUT2D eigenvalue weighted by molar-refractivity contribution is -0.116. The molecule has 0 radical (unpaired) electrons. The van der Waals surface area contributed by atoms with Crippen molar-refractivity contribution in [1.29, 1.82) is 0 Å². The highest BCUT2D eigenvalue weighted by Gasteiger charge is 2.15. The van der Waals surface area contributed by atoms with Gasteiger partial charge in [-0.25, -0.2) is 0 Å². The zero-order chi connectivity index (χ0) is 14.1. The standard InChI is InChI=1S/C14H27N3O2/c1-13(2)15-14(18)5-4-6-16-7-9-17(10-8-16)11-12-19-3/h4-5,13H,6-12H2,1-3H3,(H,15,18)/b5-4+. The summed E-state index contributed by atoms with van der Waals surface area (Å²) in [5.74, 6) is -0.00581. The Morgan fingerprint density at radius 2 is 1.89 bits per heavy atom. The van der Waals surface area contributed by atoms with Crippen molar-refractivity contribution < 1.29 is 9.53 Å². The average molecular weight is 269 g/mol. The molecule has 1 aliphatic heterocycles. The molecule has 0 spiro atoms. The fourth-order valence-corrected chi connectivity index (χ4v) is 2.06. The van der Waals surface area contributed by atoms with Gasteiger partial charge in [0.2, 0.25) is 5.91 Å². The minimum atomic E-state index is -0.00581. The molecule has 0 unspecified atom stereocenters. The van der Waals surface area contributed by atoms with E-state index in [2.05, 4.69) is 15.1 Å². The van der Waals surface area contributed by atoms with Crippen LogP contribution in [0.15, 0.2) is 12.2 Å².